The van der Waals surface area contributed by atoms with Crippen molar-refractivity contribution in [3.8, 4) is 0 Å². The molecule has 0 atom stereocenters. The van der Waals surface area contributed by atoms with Gasteiger partial charge in [-0.15, -0.1) is 0 Å². The smallest absolute Gasteiger partial charge is 0.0570 e. The molecule has 2 rings (SSSR count). The molecule has 3 heteroatoms. The van der Waals surface area contributed by atoms with Crippen molar-refractivity contribution in [3.63, 3.8) is 0 Å². The molecule has 0 aliphatic heterocycles. The molecule has 2 aromatic rings. The van der Waals surface area contributed by atoms with Gasteiger partial charge in [0.15, 0.2) is 0 Å². The van der Waals surface area contributed by atoms with E-state index < -0.39 is 0 Å². The Kier molecular flexibility index (Phi) is 4.29. The molecule has 1 aromatic heterocycles. The Morgan fingerprint density at radius 2 is 1.88 bits per heavy atom. The minimum absolute atomic E-state index is 0.808. The zero-order chi connectivity index (χ0) is 12.1. The number of pyridine rings is 1. The molecular formula is C14H15BrN2. The lowest BCUT2D eigenvalue weighted by Crippen LogP contribution is -2.14. The Bertz CT molecular complexity index is 480. The number of aromatic nitrogens is 1. The number of rotatable bonds is 4. The molecule has 88 valence electrons. The van der Waals surface area contributed by atoms with Crippen molar-refractivity contribution in [1.82, 2.24) is 10.3 Å². The molecule has 0 aliphatic rings. The molecule has 0 spiro atoms. The van der Waals surface area contributed by atoms with E-state index in [1.54, 1.807) is 0 Å². The quantitative estimate of drug-likeness (QED) is 0.933. The van der Waals surface area contributed by atoms with E-state index in [1.807, 2.05) is 12.3 Å². The van der Waals surface area contributed by atoms with Crippen molar-refractivity contribution >= 4 is 15.9 Å². The fraction of sp³-hybridized carbons (Fsp3) is 0.214. The van der Waals surface area contributed by atoms with Gasteiger partial charge < -0.3 is 5.32 Å². The highest BCUT2D eigenvalue weighted by Gasteiger charge is 1.98. The molecule has 0 saturated carbocycles. The van der Waals surface area contributed by atoms with E-state index in [1.165, 1.54) is 11.1 Å². The lowest BCUT2D eigenvalue weighted by molar-refractivity contribution is 0.676. The lowest BCUT2D eigenvalue weighted by atomic mass is 10.2. The maximum Gasteiger partial charge on any atom is 0.0570 e. The van der Waals surface area contributed by atoms with Gasteiger partial charge in [0.25, 0.3) is 0 Å². The first-order valence-corrected chi connectivity index (χ1v) is 6.40. The van der Waals surface area contributed by atoms with Crippen molar-refractivity contribution in [1.29, 1.82) is 0 Å². The third-order valence-corrected chi connectivity index (χ3v) is 3.18. The van der Waals surface area contributed by atoms with Crippen LogP contribution in [0.4, 0.5) is 0 Å². The second-order valence-corrected chi connectivity index (χ2v) is 4.91. The summed E-state index contributed by atoms with van der Waals surface area (Å²) in [6.45, 7) is 3.76. The monoisotopic (exact) mass is 290 g/mol. The molecule has 0 aliphatic carbocycles. The standard InChI is InChI=1S/C14H15BrN2/c1-11-3-2-8-17-14(11)10-16-9-12-4-6-13(15)7-5-12/h2-8,16H,9-10H2,1H3. The first-order valence-electron chi connectivity index (χ1n) is 5.61. The molecule has 0 bridgehead atoms. The first-order chi connectivity index (χ1) is 8.25. The fourth-order valence-corrected chi connectivity index (χ4v) is 1.90. The van der Waals surface area contributed by atoms with E-state index in [-0.39, 0.29) is 0 Å². The molecule has 1 N–H and O–H groups in total. The topological polar surface area (TPSA) is 24.9 Å². The third-order valence-electron chi connectivity index (χ3n) is 2.65. The minimum atomic E-state index is 0.808. The normalized spacial score (nSPS) is 10.5. The molecule has 0 fully saturated rings. The third kappa shape index (κ3) is 3.65. The van der Waals surface area contributed by atoms with Crippen LogP contribution < -0.4 is 5.32 Å². The van der Waals surface area contributed by atoms with Gasteiger partial charge in [-0.3, -0.25) is 4.98 Å². The number of halogens is 1. The van der Waals surface area contributed by atoms with E-state index in [2.05, 4.69) is 63.5 Å². The molecular weight excluding hydrogens is 276 g/mol. The fourth-order valence-electron chi connectivity index (χ4n) is 1.63. The summed E-state index contributed by atoms with van der Waals surface area (Å²) >= 11 is 3.43. The molecule has 1 heterocycles. The summed E-state index contributed by atoms with van der Waals surface area (Å²) in [6.07, 6.45) is 1.84. The van der Waals surface area contributed by atoms with Gasteiger partial charge in [0.2, 0.25) is 0 Å². The SMILES string of the molecule is Cc1cccnc1CNCc1ccc(Br)cc1. The predicted octanol–water partition coefficient (Wildman–Crippen LogP) is 3.44. The molecule has 17 heavy (non-hydrogen) atoms. The number of hydrogen-bond acceptors (Lipinski definition) is 2. The van der Waals surface area contributed by atoms with Crippen LogP contribution in [-0.2, 0) is 13.1 Å². The van der Waals surface area contributed by atoms with Crippen LogP contribution in [0.1, 0.15) is 16.8 Å². The van der Waals surface area contributed by atoms with Gasteiger partial charge in [-0.2, -0.15) is 0 Å². The van der Waals surface area contributed by atoms with Crippen LogP contribution in [0.5, 0.6) is 0 Å². The second-order valence-electron chi connectivity index (χ2n) is 4.00. The summed E-state index contributed by atoms with van der Waals surface area (Å²) in [6, 6.07) is 12.4. The van der Waals surface area contributed by atoms with Crippen molar-refractivity contribution in [2.24, 2.45) is 0 Å². The first kappa shape index (κ1) is 12.3. The molecule has 0 saturated heterocycles. The summed E-state index contributed by atoms with van der Waals surface area (Å²) in [4.78, 5) is 4.35. The molecule has 0 amide bonds. The molecule has 1 aromatic carbocycles. The van der Waals surface area contributed by atoms with Crippen molar-refractivity contribution < 1.29 is 0 Å². The zero-order valence-corrected chi connectivity index (χ0v) is 11.4. The maximum atomic E-state index is 4.35. The summed E-state index contributed by atoms with van der Waals surface area (Å²) in [5, 5.41) is 3.40. The molecule has 2 nitrogen and oxygen atoms in total. The average Bonchev–Trinajstić information content (AvgIpc) is 2.34. The van der Waals surface area contributed by atoms with Gasteiger partial charge >= 0.3 is 0 Å². The summed E-state index contributed by atoms with van der Waals surface area (Å²) in [5.41, 5.74) is 3.63. The summed E-state index contributed by atoms with van der Waals surface area (Å²) < 4.78 is 1.11. The van der Waals surface area contributed by atoms with Crippen LogP contribution >= 0.6 is 15.9 Å². The van der Waals surface area contributed by atoms with Crippen molar-refractivity contribution in [2.75, 3.05) is 0 Å². The van der Waals surface area contributed by atoms with Crippen LogP contribution in [0, 0.1) is 6.92 Å². The highest BCUT2D eigenvalue weighted by atomic mass is 79.9. The largest absolute Gasteiger partial charge is 0.307 e. The van der Waals surface area contributed by atoms with Crippen LogP contribution in [0.15, 0.2) is 47.1 Å². The summed E-state index contributed by atoms with van der Waals surface area (Å²) in [7, 11) is 0. The molecule has 0 unspecified atom stereocenters. The lowest BCUT2D eigenvalue weighted by Gasteiger charge is -2.06. The second kappa shape index (κ2) is 5.94. The predicted molar refractivity (Wildman–Crippen MR) is 73.7 cm³/mol. The number of nitrogens with zero attached hydrogens (tertiary/aromatic N) is 1. The van der Waals surface area contributed by atoms with Gasteiger partial charge in [-0.05, 0) is 36.2 Å². The Balaban J connectivity index is 1.88. The van der Waals surface area contributed by atoms with Crippen LogP contribution in [-0.4, -0.2) is 4.98 Å². The minimum Gasteiger partial charge on any atom is -0.307 e. The van der Waals surface area contributed by atoms with Gasteiger partial charge in [0, 0.05) is 23.8 Å². The Labute approximate surface area is 110 Å². The number of hydrogen-bond donors (Lipinski definition) is 1. The van der Waals surface area contributed by atoms with Gasteiger partial charge in [-0.25, -0.2) is 0 Å². The Hall–Kier alpha value is -1.19. The Morgan fingerprint density at radius 3 is 2.59 bits per heavy atom. The van der Waals surface area contributed by atoms with E-state index in [9.17, 15) is 0 Å². The molecule has 0 radical (unpaired) electrons. The summed E-state index contributed by atoms with van der Waals surface area (Å²) in [5.74, 6) is 0. The average molecular weight is 291 g/mol. The Morgan fingerprint density at radius 1 is 1.12 bits per heavy atom. The van der Waals surface area contributed by atoms with Gasteiger partial charge in [0.05, 0.1) is 5.69 Å². The highest BCUT2D eigenvalue weighted by molar-refractivity contribution is 9.10. The maximum absolute atomic E-state index is 4.35. The van der Waals surface area contributed by atoms with Gasteiger partial charge in [0.1, 0.15) is 0 Å². The van der Waals surface area contributed by atoms with Gasteiger partial charge in [-0.1, -0.05) is 34.1 Å². The van der Waals surface area contributed by atoms with Crippen LogP contribution in [0.25, 0.3) is 0 Å². The van der Waals surface area contributed by atoms with Crippen LogP contribution in [0.2, 0.25) is 0 Å². The highest BCUT2D eigenvalue weighted by Crippen LogP contribution is 2.10. The number of nitrogens with one attached hydrogen (secondary N) is 1. The number of aryl methyl sites for hydroxylation is 1. The van der Waals surface area contributed by atoms with Crippen molar-refractivity contribution in [3.05, 3.63) is 63.9 Å². The van der Waals surface area contributed by atoms with Crippen LogP contribution in [0.3, 0.4) is 0 Å². The van der Waals surface area contributed by atoms with E-state index >= 15 is 0 Å². The number of benzene rings is 1. The zero-order valence-electron chi connectivity index (χ0n) is 9.78. The van der Waals surface area contributed by atoms with E-state index in [4.69, 9.17) is 0 Å². The van der Waals surface area contributed by atoms with E-state index in [0.717, 1.165) is 23.3 Å². The van der Waals surface area contributed by atoms with E-state index in [0.29, 0.717) is 0 Å². The van der Waals surface area contributed by atoms with Crippen molar-refractivity contribution in [2.45, 2.75) is 20.0 Å².